The van der Waals surface area contributed by atoms with Gasteiger partial charge in [0.1, 0.15) is 5.54 Å². The van der Waals surface area contributed by atoms with Crippen molar-refractivity contribution in [2.75, 3.05) is 39.9 Å². The van der Waals surface area contributed by atoms with Gasteiger partial charge >= 0.3 is 6.03 Å². The highest BCUT2D eigenvalue weighted by Gasteiger charge is 2.57. The summed E-state index contributed by atoms with van der Waals surface area (Å²) in [6, 6.07) is 0.0879. The van der Waals surface area contributed by atoms with Crippen LogP contribution in [0.4, 0.5) is 4.79 Å². The number of nitrogens with one attached hydrogen (secondary N) is 1. The predicted molar refractivity (Wildman–Crippen MR) is 56.7 cm³/mol. The molecule has 0 aromatic rings. The zero-order valence-electron chi connectivity index (χ0n) is 9.40. The summed E-state index contributed by atoms with van der Waals surface area (Å²) in [5.41, 5.74) is -0.444. The molecule has 3 saturated heterocycles. The molecule has 0 radical (unpaired) electrons. The van der Waals surface area contributed by atoms with Crippen molar-refractivity contribution in [3.05, 3.63) is 0 Å². The fraction of sp³-hybridized carbons (Fsp3) is 0.800. The molecule has 3 fully saturated rings. The van der Waals surface area contributed by atoms with E-state index in [1.165, 1.54) is 0 Å². The van der Waals surface area contributed by atoms with Crippen LogP contribution in [-0.2, 0) is 4.79 Å². The van der Waals surface area contributed by atoms with E-state index in [1.54, 1.807) is 4.90 Å². The van der Waals surface area contributed by atoms with Gasteiger partial charge in [0.15, 0.2) is 0 Å². The average molecular weight is 224 g/mol. The van der Waals surface area contributed by atoms with Crippen molar-refractivity contribution in [3.8, 4) is 0 Å². The molecule has 0 aliphatic carbocycles. The van der Waals surface area contributed by atoms with Crippen LogP contribution in [0.2, 0.25) is 0 Å². The van der Waals surface area contributed by atoms with Crippen molar-refractivity contribution in [3.63, 3.8) is 0 Å². The number of likely N-dealkylation sites (tertiary alicyclic amines) is 2. The minimum absolute atomic E-state index is 0.0580. The summed E-state index contributed by atoms with van der Waals surface area (Å²) in [6.07, 6.45) is 1.10. The molecule has 0 bridgehead atoms. The maximum Gasteiger partial charge on any atom is 0.320 e. The number of hydrogen-bond acceptors (Lipinski definition) is 3. The molecule has 16 heavy (non-hydrogen) atoms. The van der Waals surface area contributed by atoms with Gasteiger partial charge in [0.05, 0.1) is 19.8 Å². The van der Waals surface area contributed by atoms with Gasteiger partial charge in [-0.05, 0) is 13.5 Å². The molecule has 1 spiro atoms. The van der Waals surface area contributed by atoms with Gasteiger partial charge in [-0.3, -0.25) is 9.69 Å². The maximum atomic E-state index is 11.9. The highest BCUT2D eigenvalue weighted by molar-refractivity contribution is 5.92. The zero-order valence-corrected chi connectivity index (χ0v) is 9.40. The summed E-state index contributed by atoms with van der Waals surface area (Å²) in [5, 5.41) is 2.81. The van der Waals surface area contributed by atoms with Crippen LogP contribution in [-0.4, -0.2) is 72.1 Å². The molecule has 1 N–H and O–H groups in total. The normalized spacial score (nSPS) is 27.7. The molecular weight excluding hydrogens is 208 g/mol. The molecule has 0 aromatic heterocycles. The van der Waals surface area contributed by atoms with Gasteiger partial charge in [-0.1, -0.05) is 0 Å². The van der Waals surface area contributed by atoms with E-state index < -0.39 is 5.54 Å². The number of hydrogen-bond donors (Lipinski definition) is 1. The summed E-state index contributed by atoms with van der Waals surface area (Å²) >= 11 is 0. The third-order valence-electron chi connectivity index (χ3n) is 3.93. The SMILES string of the molecule is CN1CNC(=O)C12CN(C(=O)N1CCC1)C2. The van der Waals surface area contributed by atoms with E-state index in [9.17, 15) is 9.59 Å². The highest BCUT2D eigenvalue weighted by atomic mass is 16.2. The molecular formula is C10H16N4O2. The number of carbonyl (C=O) groups excluding carboxylic acids is 2. The molecule has 6 heteroatoms. The second kappa shape index (κ2) is 3.10. The van der Waals surface area contributed by atoms with Crippen LogP contribution in [0.25, 0.3) is 0 Å². The lowest BCUT2D eigenvalue weighted by molar-refractivity contribution is -0.133. The molecule has 0 saturated carbocycles. The molecule has 3 aliphatic rings. The number of nitrogens with zero attached hydrogens (tertiary/aromatic N) is 3. The number of urea groups is 1. The Labute approximate surface area is 94.2 Å². The Hall–Kier alpha value is -1.30. The number of rotatable bonds is 0. The second-order valence-corrected chi connectivity index (χ2v) is 4.87. The molecule has 3 aliphatic heterocycles. The summed E-state index contributed by atoms with van der Waals surface area (Å²) < 4.78 is 0. The lowest BCUT2D eigenvalue weighted by Gasteiger charge is -2.51. The first kappa shape index (κ1) is 9.89. The Morgan fingerprint density at radius 1 is 1.31 bits per heavy atom. The van der Waals surface area contributed by atoms with Crippen LogP contribution < -0.4 is 5.32 Å². The highest BCUT2D eigenvalue weighted by Crippen LogP contribution is 2.31. The molecule has 6 nitrogen and oxygen atoms in total. The topological polar surface area (TPSA) is 55.9 Å². The number of likely N-dealkylation sites (N-methyl/N-ethyl adjacent to an activating group) is 1. The van der Waals surface area contributed by atoms with Gasteiger partial charge in [-0.15, -0.1) is 0 Å². The van der Waals surface area contributed by atoms with Crippen LogP contribution in [0.5, 0.6) is 0 Å². The van der Waals surface area contributed by atoms with Crippen molar-refractivity contribution in [1.82, 2.24) is 20.0 Å². The quantitative estimate of drug-likeness (QED) is 0.567. The second-order valence-electron chi connectivity index (χ2n) is 4.87. The first-order valence-electron chi connectivity index (χ1n) is 5.67. The van der Waals surface area contributed by atoms with Crippen molar-refractivity contribution in [2.24, 2.45) is 0 Å². The summed E-state index contributed by atoms with van der Waals surface area (Å²) in [4.78, 5) is 29.2. The zero-order chi connectivity index (χ0) is 11.3. The third-order valence-corrected chi connectivity index (χ3v) is 3.93. The van der Waals surface area contributed by atoms with Crippen LogP contribution >= 0.6 is 0 Å². The van der Waals surface area contributed by atoms with Gasteiger partial charge in [0, 0.05) is 13.1 Å². The van der Waals surface area contributed by atoms with Crippen LogP contribution in [0.1, 0.15) is 6.42 Å². The van der Waals surface area contributed by atoms with Gasteiger partial charge in [0.25, 0.3) is 0 Å². The minimum Gasteiger partial charge on any atom is -0.342 e. The summed E-state index contributed by atoms with van der Waals surface area (Å²) in [6.45, 7) is 3.38. The Balaban J connectivity index is 1.65. The van der Waals surface area contributed by atoms with Gasteiger partial charge < -0.3 is 15.1 Å². The first-order valence-corrected chi connectivity index (χ1v) is 5.67. The average Bonchev–Trinajstić information content (AvgIpc) is 2.37. The standard InChI is InChI=1S/C10H16N4O2/c1-12-7-11-8(15)10(12)5-14(6-10)9(16)13-3-2-4-13/h2-7H2,1H3,(H,11,15). The first-order chi connectivity index (χ1) is 7.63. The van der Waals surface area contributed by atoms with Crippen molar-refractivity contribution >= 4 is 11.9 Å². The molecule has 3 amide bonds. The Bertz CT molecular complexity index is 347. The Morgan fingerprint density at radius 2 is 2.00 bits per heavy atom. The monoisotopic (exact) mass is 224 g/mol. The van der Waals surface area contributed by atoms with Gasteiger partial charge in [-0.25, -0.2) is 4.79 Å². The van der Waals surface area contributed by atoms with E-state index in [0.717, 1.165) is 19.5 Å². The predicted octanol–water partition coefficient (Wildman–Crippen LogP) is -1.11. The Morgan fingerprint density at radius 3 is 2.44 bits per heavy atom. The van der Waals surface area contributed by atoms with Crippen molar-refractivity contribution in [2.45, 2.75) is 12.0 Å². The molecule has 3 heterocycles. The number of amides is 3. The van der Waals surface area contributed by atoms with Crippen molar-refractivity contribution < 1.29 is 9.59 Å². The molecule has 88 valence electrons. The lowest BCUT2D eigenvalue weighted by Crippen LogP contribution is -2.73. The largest absolute Gasteiger partial charge is 0.342 e. The smallest absolute Gasteiger partial charge is 0.320 e. The van der Waals surface area contributed by atoms with Gasteiger partial charge in [-0.2, -0.15) is 0 Å². The fourth-order valence-electron chi connectivity index (χ4n) is 2.49. The summed E-state index contributed by atoms with van der Waals surface area (Å²) in [5.74, 6) is 0.0580. The van der Waals surface area contributed by atoms with Crippen LogP contribution in [0.15, 0.2) is 0 Å². The van der Waals surface area contributed by atoms with E-state index in [-0.39, 0.29) is 11.9 Å². The van der Waals surface area contributed by atoms with E-state index in [1.807, 2.05) is 16.8 Å². The third kappa shape index (κ3) is 1.10. The minimum atomic E-state index is -0.444. The molecule has 0 unspecified atom stereocenters. The fourth-order valence-corrected chi connectivity index (χ4v) is 2.49. The van der Waals surface area contributed by atoms with E-state index in [2.05, 4.69) is 5.32 Å². The molecule has 0 atom stereocenters. The van der Waals surface area contributed by atoms with E-state index >= 15 is 0 Å². The number of carbonyl (C=O) groups is 2. The van der Waals surface area contributed by atoms with Crippen LogP contribution in [0, 0.1) is 0 Å². The molecule has 0 aromatic carbocycles. The van der Waals surface area contributed by atoms with Crippen molar-refractivity contribution in [1.29, 1.82) is 0 Å². The summed E-state index contributed by atoms with van der Waals surface area (Å²) in [7, 11) is 1.92. The lowest BCUT2D eigenvalue weighted by atomic mass is 9.89. The molecule has 3 rings (SSSR count). The van der Waals surface area contributed by atoms with Gasteiger partial charge in [0.2, 0.25) is 5.91 Å². The van der Waals surface area contributed by atoms with E-state index in [4.69, 9.17) is 0 Å². The van der Waals surface area contributed by atoms with Crippen LogP contribution in [0.3, 0.4) is 0 Å². The maximum absolute atomic E-state index is 11.9. The Kier molecular flexibility index (Phi) is 1.92. The van der Waals surface area contributed by atoms with E-state index in [0.29, 0.717) is 19.8 Å².